The summed E-state index contributed by atoms with van der Waals surface area (Å²) in [6.07, 6.45) is 2.19. The lowest BCUT2D eigenvalue weighted by molar-refractivity contribution is -0.146. The Morgan fingerprint density at radius 1 is 1.40 bits per heavy atom. The summed E-state index contributed by atoms with van der Waals surface area (Å²) in [5, 5.41) is 2.88. The Morgan fingerprint density at radius 3 is 2.50 bits per heavy atom. The SMILES string of the molecule is CCOC(=O)C(/C=C(\CBr)CC(C)OC(C)=O)NC=O. The molecule has 0 saturated heterocycles. The van der Waals surface area contributed by atoms with Crippen molar-refractivity contribution in [2.24, 2.45) is 0 Å². The van der Waals surface area contributed by atoms with Crippen LogP contribution in [0.25, 0.3) is 0 Å². The van der Waals surface area contributed by atoms with E-state index in [0.717, 1.165) is 5.57 Å². The number of hydrogen-bond acceptors (Lipinski definition) is 5. The van der Waals surface area contributed by atoms with E-state index in [4.69, 9.17) is 9.47 Å². The van der Waals surface area contributed by atoms with Crippen LogP contribution < -0.4 is 5.32 Å². The Hall–Kier alpha value is -1.37. The fourth-order valence-corrected chi connectivity index (χ4v) is 2.00. The Balaban J connectivity index is 4.81. The number of ether oxygens (including phenoxy) is 2. The van der Waals surface area contributed by atoms with Gasteiger partial charge in [-0.15, -0.1) is 0 Å². The van der Waals surface area contributed by atoms with E-state index in [1.165, 1.54) is 6.92 Å². The molecule has 1 amide bonds. The van der Waals surface area contributed by atoms with Gasteiger partial charge in [-0.2, -0.15) is 0 Å². The first-order valence-corrected chi connectivity index (χ1v) is 7.35. The van der Waals surface area contributed by atoms with E-state index in [1.54, 1.807) is 19.9 Å². The Morgan fingerprint density at radius 2 is 2.05 bits per heavy atom. The molecule has 0 aliphatic rings. The Bertz CT molecular complexity index is 370. The zero-order chi connectivity index (χ0) is 15.5. The minimum Gasteiger partial charge on any atom is -0.464 e. The minimum atomic E-state index is -0.843. The van der Waals surface area contributed by atoms with Crippen LogP contribution in [-0.2, 0) is 23.9 Å². The molecule has 0 aromatic heterocycles. The fraction of sp³-hybridized carbons (Fsp3) is 0.615. The monoisotopic (exact) mass is 349 g/mol. The molecule has 0 aromatic rings. The zero-order valence-corrected chi connectivity index (χ0v) is 13.4. The van der Waals surface area contributed by atoms with Crippen molar-refractivity contribution in [3.63, 3.8) is 0 Å². The zero-order valence-electron chi connectivity index (χ0n) is 11.8. The predicted octanol–water partition coefficient (Wildman–Crippen LogP) is 1.33. The molecule has 0 rings (SSSR count). The molecule has 6 nitrogen and oxygen atoms in total. The number of rotatable bonds is 9. The molecule has 0 heterocycles. The maximum atomic E-state index is 11.7. The van der Waals surface area contributed by atoms with E-state index in [1.807, 2.05) is 0 Å². The van der Waals surface area contributed by atoms with Crippen molar-refractivity contribution in [2.75, 3.05) is 11.9 Å². The van der Waals surface area contributed by atoms with Gasteiger partial charge in [0.2, 0.25) is 6.41 Å². The Labute approximate surface area is 127 Å². The third kappa shape index (κ3) is 7.93. The van der Waals surface area contributed by atoms with Gasteiger partial charge in [-0.1, -0.05) is 27.6 Å². The standard InChI is InChI=1S/C13H20BrNO5/c1-4-19-13(18)12(15-8-16)6-11(7-14)5-9(2)20-10(3)17/h6,8-9,12H,4-5,7H2,1-3H3,(H,15,16)/b11-6-. The van der Waals surface area contributed by atoms with Crippen LogP contribution in [0.1, 0.15) is 27.2 Å². The highest BCUT2D eigenvalue weighted by Crippen LogP contribution is 2.13. The van der Waals surface area contributed by atoms with Crippen LogP contribution in [0.2, 0.25) is 0 Å². The molecular formula is C13H20BrNO5. The number of carbonyl (C=O) groups is 3. The van der Waals surface area contributed by atoms with Crippen LogP contribution in [-0.4, -0.2) is 42.4 Å². The first kappa shape index (κ1) is 18.6. The topological polar surface area (TPSA) is 81.7 Å². The largest absolute Gasteiger partial charge is 0.464 e. The molecule has 2 unspecified atom stereocenters. The van der Waals surface area contributed by atoms with Gasteiger partial charge >= 0.3 is 11.9 Å². The molecule has 20 heavy (non-hydrogen) atoms. The van der Waals surface area contributed by atoms with Crippen LogP contribution in [0.3, 0.4) is 0 Å². The minimum absolute atomic E-state index is 0.233. The van der Waals surface area contributed by atoms with Crippen molar-refractivity contribution in [1.29, 1.82) is 0 Å². The van der Waals surface area contributed by atoms with Gasteiger partial charge in [-0.3, -0.25) is 9.59 Å². The average Bonchev–Trinajstić information content (AvgIpc) is 2.36. The molecule has 0 spiro atoms. The van der Waals surface area contributed by atoms with Gasteiger partial charge in [-0.05, 0) is 13.8 Å². The number of nitrogens with one attached hydrogen (secondary N) is 1. The maximum Gasteiger partial charge on any atom is 0.332 e. The van der Waals surface area contributed by atoms with E-state index in [9.17, 15) is 14.4 Å². The van der Waals surface area contributed by atoms with E-state index >= 15 is 0 Å². The first-order chi connectivity index (χ1) is 9.44. The third-order valence-corrected chi connectivity index (χ3v) is 3.00. The van der Waals surface area contributed by atoms with E-state index in [0.29, 0.717) is 18.2 Å². The molecule has 0 aromatic carbocycles. The third-order valence-electron chi connectivity index (χ3n) is 2.28. The van der Waals surface area contributed by atoms with Gasteiger partial charge in [0, 0.05) is 18.7 Å². The van der Waals surface area contributed by atoms with Crippen LogP contribution in [0.15, 0.2) is 11.6 Å². The van der Waals surface area contributed by atoms with Crippen molar-refractivity contribution in [3.05, 3.63) is 11.6 Å². The average molecular weight is 350 g/mol. The van der Waals surface area contributed by atoms with Gasteiger partial charge in [0.25, 0.3) is 0 Å². The van der Waals surface area contributed by atoms with Crippen molar-refractivity contribution in [3.8, 4) is 0 Å². The lowest BCUT2D eigenvalue weighted by Crippen LogP contribution is -2.36. The summed E-state index contributed by atoms with van der Waals surface area (Å²) in [5.74, 6) is -0.891. The molecule has 0 fully saturated rings. The summed E-state index contributed by atoms with van der Waals surface area (Å²) in [6, 6.07) is -0.843. The highest BCUT2D eigenvalue weighted by molar-refractivity contribution is 9.09. The maximum absolute atomic E-state index is 11.7. The molecule has 114 valence electrons. The van der Waals surface area contributed by atoms with Gasteiger partial charge in [-0.25, -0.2) is 4.79 Å². The summed E-state index contributed by atoms with van der Waals surface area (Å²) in [7, 11) is 0. The second-order valence-electron chi connectivity index (χ2n) is 4.10. The van der Waals surface area contributed by atoms with Crippen molar-refractivity contribution >= 4 is 34.3 Å². The van der Waals surface area contributed by atoms with Gasteiger partial charge in [0.1, 0.15) is 12.1 Å². The van der Waals surface area contributed by atoms with E-state index < -0.39 is 12.0 Å². The molecule has 0 radical (unpaired) electrons. The summed E-state index contributed by atoms with van der Waals surface area (Å²) in [6.45, 7) is 5.01. The number of esters is 2. The molecular weight excluding hydrogens is 330 g/mol. The molecule has 1 N–H and O–H groups in total. The number of amides is 1. The predicted molar refractivity (Wildman–Crippen MR) is 77.3 cm³/mol. The molecule has 0 aliphatic heterocycles. The number of alkyl halides is 1. The van der Waals surface area contributed by atoms with Crippen LogP contribution >= 0.6 is 15.9 Å². The van der Waals surface area contributed by atoms with E-state index in [2.05, 4.69) is 21.2 Å². The van der Waals surface area contributed by atoms with Crippen LogP contribution in [0, 0.1) is 0 Å². The van der Waals surface area contributed by atoms with Gasteiger partial charge in [0.15, 0.2) is 0 Å². The van der Waals surface area contributed by atoms with Crippen molar-refractivity contribution < 1.29 is 23.9 Å². The number of hydrogen-bond donors (Lipinski definition) is 1. The highest BCUT2D eigenvalue weighted by atomic mass is 79.9. The second kappa shape index (κ2) is 10.4. The second-order valence-corrected chi connectivity index (χ2v) is 4.66. The molecule has 0 saturated carbocycles. The van der Waals surface area contributed by atoms with E-state index in [-0.39, 0.29) is 18.7 Å². The summed E-state index contributed by atoms with van der Waals surface area (Å²) in [4.78, 5) is 33.0. The number of halogens is 1. The van der Waals surface area contributed by atoms with Gasteiger partial charge < -0.3 is 14.8 Å². The molecule has 0 aliphatic carbocycles. The smallest absolute Gasteiger partial charge is 0.332 e. The summed E-state index contributed by atoms with van der Waals surface area (Å²) in [5.41, 5.74) is 0.825. The Kier molecular flexibility index (Phi) is 9.71. The first-order valence-electron chi connectivity index (χ1n) is 6.23. The van der Waals surface area contributed by atoms with Crippen molar-refractivity contribution in [2.45, 2.75) is 39.3 Å². The van der Waals surface area contributed by atoms with Crippen LogP contribution in [0.4, 0.5) is 0 Å². The quantitative estimate of drug-likeness (QED) is 0.294. The number of carbonyl (C=O) groups excluding carboxylic acids is 3. The van der Waals surface area contributed by atoms with Crippen molar-refractivity contribution in [1.82, 2.24) is 5.32 Å². The lowest BCUT2D eigenvalue weighted by Gasteiger charge is -2.16. The molecule has 0 bridgehead atoms. The van der Waals surface area contributed by atoms with Gasteiger partial charge in [0.05, 0.1) is 6.61 Å². The summed E-state index contributed by atoms with van der Waals surface area (Å²) >= 11 is 3.30. The molecule has 7 heteroatoms. The fourth-order valence-electron chi connectivity index (χ4n) is 1.59. The highest BCUT2D eigenvalue weighted by Gasteiger charge is 2.18. The molecule has 2 atom stereocenters. The van der Waals surface area contributed by atoms with Crippen LogP contribution in [0.5, 0.6) is 0 Å². The lowest BCUT2D eigenvalue weighted by atomic mass is 10.1. The summed E-state index contributed by atoms with van der Waals surface area (Å²) < 4.78 is 9.89. The normalized spacial score (nSPS) is 14.1.